The summed E-state index contributed by atoms with van der Waals surface area (Å²) in [5.41, 5.74) is 0. The lowest BCUT2D eigenvalue weighted by atomic mass is 10.1. The van der Waals surface area contributed by atoms with E-state index in [1.54, 1.807) is 0 Å². The van der Waals surface area contributed by atoms with Gasteiger partial charge < -0.3 is 19.5 Å². The molecule has 0 aliphatic rings. The SMILES string of the molecule is CCCCCCCCCC(=O)OCC(NC(C)=O)C(OCC)OCC. The summed E-state index contributed by atoms with van der Waals surface area (Å²) in [4.78, 5) is 23.3. The normalized spacial score (nSPS) is 12.2. The van der Waals surface area contributed by atoms with Crippen LogP contribution in [0.1, 0.15) is 79.1 Å². The summed E-state index contributed by atoms with van der Waals surface area (Å²) < 4.78 is 16.3. The third kappa shape index (κ3) is 13.8. The van der Waals surface area contributed by atoms with Gasteiger partial charge in [0.05, 0.1) is 0 Å². The van der Waals surface area contributed by atoms with E-state index in [0.29, 0.717) is 19.6 Å². The first kappa shape index (κ1) is 23.9. The van der Waals surface area contributed by atoms with Crippen LogP contribution in [0.3, 0.4) is 0 Å². The zero-order valence-corrected chi connectivity index (χ0v) is 16.5. The summed E-state index contributed by atoms with van der Waals surface area (Å²) in [6.45, 7) is 8.28. The smallest absolute Gasteiger partial charge is 0.305 e. The van der Waals surface area contributed by atoms with Crippen molar-refractivity contribution in [3.63, 3.8) is 0 Å². The van der Waals surface area contributed by atoms with Gasteiger partial charge in [-0.3, -0.25) is 9.59 Å². The minimum absolute atomic E-state index is 0.0551. The van der Waals surface area contributed by atoms with Crippen molar-refractivity contribution in [2.45, 2.75) is 91.4 Å². The van der Waals surface area contributed by atoms with Gasteiger partial charge in [-0.2, -0.15) is 0 Å². The van der Waals surface area contributed by atoms with E-state index in [1.807, 2.05) is 13.8 Å². The number of hydrogen-bond donors (Lipinski definition) is 1. The Balaban J connectivity index is 4.12. The predicted molar refractivity (Wildman–Crippen MR) is 98.2 cm³/mol. The van der Waals surface area contributed by atoms with E-state index in [9.17, 15) is 9.59 Å². The molecule has 0 heterocycles. The number of carbonyl (C=O) groups excluding carboxylic acids is 2. The highest BCUT2D eigenvalue weighted by atomic mass is 16.7. The van der Waals surface area contributed by atoms with E-state index in [2.05, 4.69) is 12.2 Å². The van der Waals surface area contributed by atoms with Crippen LogP contribution in [0.2, 0.25) is 0 Å². The predicted octanol–water partition coefficient (Wildman–Crippen LogP) is 3.57. The fourth-order valence-electron chi connectivity index (χ4n) is 2.54. The van der Waals surface area contributed by atoms with Gasteiger partial charge in [0.1, 0.15) is 12.6 Å². The average molecular weight is 360 g/mol. The lowest BCUT2D eigenvalue weighted by Gasteiger charge is -2.26. The molecule has 0 aromatic carbocycles. The average Bonchev–Trinajstić information content (AvgIpc) is 2.57. The molecule has 6 heteroatoms. The van der Waals surface area contributed by atoms with E-state index in [4.69, 9.17) is 14.2 Å². The fraction of sp³-hybridized carbons (Fsp3) is 0.895. The summed E-state index contributed by atoms with van der Waals surface area (Å²) in [5.74, 6) is -0.451. The summed E-state index contributed by atoms with van der Waals surface area (Å²) in [7, 11) is 0. The van der Waals surface area contributed by atoms with Crippen molar-refractivity contribution in [2.75, 3.05) is 19.8 Å². The molecule has 1 atom stereocenters. The molecule has 0 fully saturated rings. The lowest BCUT2D eigenvalue weighted by Crippen LogP contribution is -2.48. The first-order valence-corrected chi connectivity index (χ1v) is 9.70. The molecule has 0 spiro atoms. The molecule has 0 radical (unpaired) electrons. The third-order valence-corrected chi connectivity index (χ3v) is 3.79. The van der Waals surface area contributed by atoms with Gasteiger partial charge in [0.15, 0.2) is 6.29 Å². The Kier molecular flexibility index (Phi) is 15.6. The van der Waals surface area contributed by atoms with E-state index in [0.717, 1.165) is 12.8 Å². The fourth-order valence-corrected chi connectivity index (χ4v) is 2.54. The van der Waals surface area contributed by atoms with Crippen molar-refractivity contribution in [3.8, 4) is 0 Å². The Morgan fingerprint density at radius 2 is 1.44 bits per heavy atom. The summed E-state index contributed by atoms with van der Waals surface area (Å²) >= 11 is 0. The van der Waals surface area contributed by atoms with Crippen LogP contribution in [-0.4, -0.2) is 44.0 Å². The standard InChI is InChI=1S/C19H37NO5/c1-5-8-9-10-11-12-13-14-18(22)25-15-17(20-16(4)21)19(23-6-2)24-7-3/h17,19H,5-15H2,1-4H3,(H,20,21). The number of rotatable bonds is 16. The number of amides is 1. The highest BCUT2D eigenvalue weighted by Crippen LogP contribution is 2.09. The highest BCUT2D eigenvalue weighted by molar-refractivity contribution is 5.73. The molecule has 0 rings (SSSR count). The molecular formula is C19H37NO5. The maximum absolute atomic E-state index is 11.9. The molecule has 1 amide bonds. The Hall–Kier alpha value is -1.14. The Labute approximate surface area is 153 Å². The Morgan fingerprint density at radius 1 is 0.880 bits per heavy atom. The van der Waals surface area contributed by atoms with Gasteiger partial charge in [0.2, 0.25) is 5.91 Å². The van der Waals surface area contributed by atoms with Crippen molar-refractivity contribution in [1.82, 2.24) is 5.32 Å². The maximum atomic E-state index is 11.9. The molecule has 0 bridgehead atoms. The van der Waals surface area contributed by atoms with Gasteiger partial charge in [-0.15, -0.1) is 0 Å². The largest absolute Gasteiger partial charge is 0.463 e. The van der Waals surface area contributed by atoms with Gasteiger partial charge in [-0.05, 0) is 20.3 Å². The van der Waals surface area contributed by atoms with Crippen LogP contribution in [-0.2, 0) is 23.8 Å². The van der Waals surface area contributed by atoms with Gasteiger partial charge in [-0.25, -0.2) is 0 Å². The molecule has 0 saturated carbocycles. The second kappa shape index (κ2) is 16.3. The Bertz CT molecular complexity index is 343. The number of esters is 1. The van der Waals surface area contributed by atoms with Gasteiger partial charge in [0.25, 0.3) is 0 Å². The second-order valence-electron chi connectivity index (χ2n) is 6.14. The quantitative estimate of drug-likeness (QED) is 0.259. The molecule has 0 saturated heterocycles. The van der Waals surface area contributed by atoms with E-state index in [-0.39, 0.29) is 18.5 Å². The minimum Gasteiger partial charge on any atom is -0.463 e. The first-order valence-electron chi connectivity index (χ1n) is 9.70. The van der Waals surface area contributed by atoms with Crippen LogP contribution < -0.4 is 5.32 Å². The summed E-state index contributed by atoms with van der Waals surface area (Å²) in [6.07, 6.45) is 7.88. The van der Waals surface area contributed by atoms with Crippen molar-refractivity contribution in [3.05, 3.63) is 0 Å². The number of hydrogen-bond acceptors (Lipinski definition) is 5. The lowest BCUT2D eigenvalue weighted by molar-refractivity contribution is -0.171. The van der Waals surface area contributed by atoms with Crippen molar-refractivity contribution in [2.24, 2.45) is 0 Å². The van der Waals surface area contributed by atoms with Gasteiger partial charge >= 0.3 is 5.97 Å². The zero-order valence-electron chi connectivity index (χ0n) is 16.5. The van der Waals surface area contributed by atoms with Crippen LogP contribution in [0.5, 0.6) is 0 Å². The molecule has 1 unspecified atom stereocenters. The first-order chi connectivity index (χ1) is 12.0. The van der Waals surface area contributed by atoms with Gasteiger partial charge in [-0.1, -0.05) is 45.4 Å². The molecule has 0 aromatic rings. The topological polar surface area (TPSA) is 73.9 Å². The second-order valence-corrected chi connectivity index (χ2v) is 6.14. The molecule has 148 valence electrons. The van der Waals surface area contributed by atoms with Crippen LogP contribution in [0.25, 0.3) is 0 Å². The molecule has 0 aliphatic carbocycles. The monoisotopic (exact) mass is 359 g/mol. The molecule has 0 aromatic heterocycles. The van der Waals surface area contributed by atoms with Crippen LogP contribution >= 0.6 is 0 Å². The van der Waals surface area contributed by atoms with Crippen molar-refractivity contribution in [1.29, 1.82) is 0 Å². The maximum Gasteiger partial charge on any atom is 0.305 e. The molecular weight excluding hydrogens is 322 g/mol. The summed E-state index contributed by atoms with van der Waals surface area (Å²) in [6, 6.07) is -0.504. The molecule has 0 aliphatic heterocycles. The number of nitrogens with one attached hydrogen (secondary N) is 1. The van der Waals surface area contributed by atoms with E-state index < -0.39 is 12.3 Å². The van der Waals surface area contributed by atoms with E-state index in [1.165, 1.54) is 39.0 Å². The summed E-state index contributed by atoms with van der Waals surface area (Å²) in [5, 5.41) is 2.73. The Morgan fingerprint density at radius 3 is 1.96 bits per heavy atom. The highest BCUT2D eigenvalue weighted by Gasteiger charge is 2.25. The zero-order chi connectivity index (χ0) is 18.9. The number of carbonyl (C=O) groups is 2. The molecule has 1 N–H and O–H groups in total. The van der Waals surface area contributed by atoms with E-state index >= 15 is 0 Å². The van der Waals surface area contributed by atoms with Gasteiger partial charge in [0, 0.05) is 26.6 Å². The van der Waals surface area contributed by atoms with Crippen LogP contribution in [0, 0.1) is 0 Å². The third-order valence-electron chi connectivity index (χ3n) is 3.79. The minimum atomic E-state index is -0.620. The van der Waals surface area contributed by atoms with Crippen molar-refractivity contribution < 1.29 is 23.8 Å². The molecule has 25 heavy (non-hydrogen) atoms. The molecule has 6 nitrogen and oxygen atoms in total. The van der Waals surface area contributed by atoms with Crippen LogP contribution in [0.15, 0.2) is 0 Å². The number of unbranched alkanes of at least 4 members (excludes halogenated alkanes) is 6. The van der Waals surface area contributed by atoms with Crippen LogP contribution in [0.4, 0.5) is 0 Å². The number of ether oxygens (including phenoxy) is 3. The van der Waals surface area contributed by atoms with Crippen molar-refractivity contribution >= 4 is 11.9 Å².